The van der Waals surface area contributed by atoms with Crippen molar-refractivity contribution in [2.24, 2.45) is 28.2 Å². The van der Waals surface area contributed by atoms with E-state index in [-0.39, 0.29) is 0 Å². The zero-order chi connectivity index (χ0) is 60.9. The molecule has 4 heterocycles. The third-order valence-corrected chi connectivity index (χ3v) is 16.3. The van der Waals surface area contributed by atoms with E-state index in [1.165, 1.54) is 134 Å². The Balaban J connectivity index is 0.000000137. The average Bonchev–Trinajstić information content (AvgIpc) is 2.98. The molecule has 0 saturated heterocycles. The first-order valence-electron chi connectivity index (χ1n) is 30.1. The molecular formula is C82H84N4+4. The highest BCUT2D eigenvalue weighted by molar-refractivity contribution is 5.71. The van der Waals surface area contributed by atoms with E-state index >= 15 is 0 Å². The molecule has 0 bridgehead atoms. The van der Waals surface area contributed by atoms with Crippen molar-refractivity contribution < 1.29 is 18.3 Å². The molecule has 0 aliphatic carbocycles. The maximum absolute atomic E-state index is 2.30. The summed E-state index contributed by atoms with van der Waals surface area (Å²) in [4.78, 5) is 0. The monoisotopic (exact) mass is 1120 g/mol. The lowest BCUT2D eigenvalue weighted by atomic mass is 9.97. The van der Waals surface area contributed by atoms with Crippen LogP contribution < -0.4 is 18.3 Å². The van der Waals surface area contributed by atoms with E-state index in [2.05, 4.69) is 376 Å². The van der Waals surface area contributed by atoms with E-state index in [0.717, 1.165) is 0 Å². The maximum atomic E-state index is 2.30. The van der Waals surface area contributed by atoms with E-state index < -0.39 is 0 Å². The zero-order valence-corrected chi connectivity index (χ0v) is 52.8. The van der Waals surface area contributed by atoms with Gasteiger partial charge in [0, 0.05) is 68.8 Å². The van der Waals surface area contributed by atoms with Gasteiger partial charge in [-0.25, -0.2) is 18.3 Å². The third-order valence-electron chi connectivity index (χ3n) is 16.3. The second kappa shape index (κ2) is 28.3. The van der Waals surface area contributed by atoms with E-state index in [4.69, 9.17) is 0 Å². The van der Waals surface area contributed by atoms with E-state index in [1.807, 2.05) is 0 Å². The van der Waals surface area contributed by atoms with E-state index in [0.29, 0.717) is 5.92 Å². The molecule has 4 nitrogen and oxygen atoms in total. The van der Waals surface area contributed by atoms with Gasteiger partial charge in [-0.05, 0) is 159 Å². The number of hydrogen-bond donors (Lipinski definition) is 0. The van der Waals surface area contributed by atoms with Gasteiger partial charge in [-0.1, -0.05) is 195 Å². The highest BCUT2D eigenvalue weighted by Crippen LogP contribution is 2.30. The van der Waals surface area contributed by atoms with Crippen LogP contribution in [0.3, 0.4) is 0 Å². The smallest absolute Gasteiger partial charge is 0.200 e. The number of nitrogens with zero attached hydrogens (tertiary/aromatic N) is 4. The van der Waals surface area contributed by atoms with Gasteiger partial charge in [-0.3, -0.25) is 0 Å². The second-order valence-electron chi connectivity index (χ2n) is 23.2. The first-order chi connectivity index (χ1) is 41.5. The van der Waals surface area contributed by atoms with Crippen LogP contribution in [0.5, 0.6) is 0 Å². The Kier molecular flexibility index (Phi) is 20.0. The minimum atomic E-state index is 0.551. The molecule has 0 amide bonds. The molecule has 4 aromatic heterocycles. The molecule has 0 fully saturated rings. The lowest BCUT2D eigenvalue weighted by Crippen LogP contribution is -2.30. The molecule has 12 aromatic rings. The molecule has 0 unspecified atom stereocenters. The number of hydrogen-bond acceptors (Lipinski definition) is 0. The van der Waals surface area contributed by atoms with Crippen molar-refractivity contribution in [2.75, 3.05) is 0 Å². The topological polar surface area (TPSA) is 15.5 Å². The predicted octanol–water partition coefficient (Wildman–Crippen LogP) is 18.7. The van der Waals surface area contributed by atoms with Crippen molar-refractivity contribution in [3.63, 3.8) is 0 Å². The second-order valence-corrected chi connectivity index (χ2v) is 23.2. The fourth-order valence-electron chi connectivity index (χ4n) is 11.2. The Bertz CT molecular complexity index is 4280. The predicted molar refractivity (Wildman–Crippen MR) is 361 cm³/mol. The molecule has 0 atom stereocenters. The van der Waals surface area contributed by atoms with Crippen LogP contribution in [0.2, 0.25) is 0 Å². The Morgan fingerprint density at radius 1 is 0.233 bits per heavy atom. The van der Waals surface area contributed by atoms with Crippen LogP contribution in [-0.2, 0) is 28.2 Å². The fraction of sp³-hybridized carbons (Fsp3) is 0.171. The zero-order valence-electron chi connectivity index (χ0n) is 52.8. The molecule has 8 aromatic carbocycles. The minimum absolute atomic E-state index is 0.551. The van der Waals surface area contributed by atoms with Crippen LogP contribution in [0.1, 0.15) is 64.3 Å². The van der Waals surface area contributed by atoms with Crippen molar-refractivity contribution in [1.82, 2.24) is 0 Å². The summed E-state index contributed by atoms with van der Waals surface area (Å²) < 4.78 is 8.85. The van der Waals surface area contributed by atoms with Crippen LogP contribution in [0.25, 0.3) is 89.5 Å². The van der Waals surface area contributed by atoms with Crippen molar-refractivity contribution in [1.29, 1.82) is 0 Å². The number of aryl methyl sites for hydroxylation is 11. The van der Waals surface area contributed by atoms with Gasteiger partial charge in [0.25, 0.3) is 0 Å². The van der Waals surface area contributed by atoms with Gasteiger partial charge in [0.1, 0.15) is 28.2 Å². The van der Waals surface area contributed by atoms with E-state index in [1.54, 1.807) is 0 Å². The van der Waals surface area contributed by atoms with E-state index in [9.17, 15) is 0 Å². The number of rotatable bonds is 9. The molecule has 12 rings (SSSR count). The molecule has 0 aliphatic heterocycles. The molecular weight excluding hydrogens is 1040 g/mol. The fourth-order valence-corrected chi connectivity index (χ4v) is 11.2. The third kappa shape index (κ3) is 15.0. The van der Waals surface area contributed by atoms with Gasteiger partial charge in [0.2, 0.25) is 22.8 Å². The summed E-state index contributed by atoms with van der Waals surface area (Å²) in [6, 6.07) is 86.4. The van der Waals surface area contributed by atoms with Gasteiger partial charge in [-0.2, -0.15) is 0 Å². The number of aromatic nitrogens is 4. The Hall–Kier alpha value is -9.64. The quantitative estimate of drug-likeness (QED) is 0.128. The Morgan fingerprint density at radius 3 is 0.884 bits per heavy atom. The van der Waals surface area contributed by atoms with Gasteiger partial charge in [-0.15, -0.1) is 0 Å². The molecule has 0 saturated carbocycles. The summed E-state index contributed by atoms with van der Waals surface area (Å²) in [6.45, 7) is 19.5. The molecule has 0 radical (unpaired) electrons. The lowest BCUT2D eigenvalue weighted by molar-refractivity contribution is -0.660. The Labute approximate surface area is 513 Å². The lowest BCUT2D eigenvalue weighted by Gasteiger charge is -2.09. The van der Waals surface area contributed by atoms with Gasteiger partial charge in [0.15, 0.2) is 24.8 Å². The average molecular weight is 1130 g/mol. The molecule has 4 heteroatoms. The highest BCUT2D eigenvalue weighted by atomic mass is 14.9. The maximum Gasteiger partial charge on any atom is 0.212 e. The SMILES string of the molecule is Cc1ccc(-c2ccc(-c3ccccc3C)[n+](C)c2)cc1.Cc1cccc(-c2ccc(-c3ccccc3C)[n+](C)c2)c1.Cc1ccccc1-c1ccc(-c2cccc(C(C)C)c2)c[n+]1C.Cc1ccccc1-c1ccc(-c2ccccc2C)[n+](C)c1. The minimum Gasteiger partial charge on any atom is -0.200 e. The Morgan fingerprint density at radius 2 is 0.535 bits per heavy atom. The summed E-state index contributed by atoms with van der Waals surface area (Å²) >= 11 is 0. The van der Waals surface area contributed by atoms with Crippen molar-refractivity contribution in [3.05, 3.63) is 312 Å². The van der Waals surface area contributed by atoms with Crippen LogP contribution in [-0.4, -0.2) is 0 Å². The normalized spacial score (nSPS) is 10.7. The van der Waals surface area contributed by atoms with Crippen molar-refractivity contribution in [3.8, 4) is 89.5 Å². The van der Waals surface area contributed by atoms with Crippen LogP contribution in [0.15, 0.2) is 267 Å². The molecule has 428 valence electrons. The summed E-state index contributed by atoms with van der Waals surface area (Å²) in [5.74, 6) is 0.551. The standard InChI is InChI=1S/C22H24N.3C20H20N/c1-16(2)18-9-7-10-19(14-18)20-12-13-22(23(4)15-20)21-11-6-5-8-17(21)3;1-15-8-4-6-10-18(15)17-12-13-20(21(3)14-17)19-11-7-5-9-16(19)2;1-15-7-6-9-17(13-15)18-11-12-20(21(3)14-18)19-10-5-4-8-16(19)2;1-15-8-10-17(11-9-15)18-12-13-20(21(3)14-18)19-7-5-4-6-16(19)2/h5-16H,1-4H3;3*4-14H,1-3H3/q4*+1. The molecule has 0 spiro atoms. The number of pyridine rings is 4. The van der Waals surface area contributed by atoms with Gasteiger partial charge >= 0.3 is 0 Å². The van der Waals surface area contributed by atoms with Crippen molar-refractivity contribution in [2.45, 2.75) is 68.2 Å². The first-order valence-corrected chi connectivity index (χ1v) is 30.1. The van der Waals surface area contributed by atoms with Crippen molar-refractivity contribution >= 4 is 0 Å². The molecule has 0 aliphatic rings. The molecule has 86 heavy (non-hydrogen) atoms. The highest BCUT2D eigenvalue weighted by Gasteiger charge is 2.18. The number of benzene rings is 8. The summed E-state index contributed by atoms with van der Waals surface area (Å²) in [6.07, 6.45) is 8.84. The first kappa shape index (κ1) is 60.9. The van der Waals surface area contributed by atoms with Crippen LogP contribution in [0, 0.1) is 48.5 Å². The van der Waals surface area contributed by atoms with Crippen LogP contribution >= 0.6 is 0 Å². The summed E-state index contributed by atoms with van der Waals surface area (Å²) in [5, 5.41) is 0. The molecule has 0 N–H and O–H groups in total. The summed E-state index contributed by atoms with van der Waals surface area (Å²) in [7, 11) is 8.46. The summed E-state index contributed by atoms with van der Waals surface area (Å²) in [5.41, 5.74) is 30.7. The largest absolute Gasteiger partial charge is 0.212 e. The van der Waals surface area contributed by atoms with Gasteiger partial charge in [0.05, 0.1) is 0 Å². The van der Waals surface area contributed by atoms with Crippen LogP contribution in [0.4, 0.5) is 0 Å². The van der Waals surface area contributed by atoms with Gasteiger partial charge < -0.3 is 0 Å².